The van der Waals surface area contributed by atoms with Crippen LogP contribution in [0.5, 0.6) is 0 Å². The number of nitrogens with zero attached hydrogens (tertiary/aromatic N) is 3. The van der Waals surface area contributed by atoms with Crippen LogP contribution in [0.15, 0.2) is 192 Å². The van der Waals surface area contributed by atoms with Gasteiger partial charge in [-0.2, -0.15) is 0 Å². The van der Waals surface area contributed by atoms with Crippen LogP contribution in [0.3, 0.4) is 0 Å². The summed E-state index contributed by atoms with van der Waals surface area (Å²) in [4.78, 5) is 14.9. The fourth-order valence-corrected chi connectivity index (χ4v) is 9.23. The van der Waals surface area contributed by atoms with Gasteiger partial charge in [-0.1, -0.05) is 170 Å². The molecule has 0 unspecified atom stereocenters. The van der Waals surface area contributed by atoms with Crippen LogP contribution in [0.25, 0.3) is 110 Å². The molecule has 0 N–H and O–H groups in total. The van der Waals surface area contributed by atoms with Crippen LogP contribution in [0.2, 0.25) is 0 Å². The van der Waals surface area contributed by atoms with Crippen LogP contribution in [0, 0.1) is 0 Å². The molecule has 0 aliphatic heterocycles. The maximum Gasteiger partial charge on any atom is 0.164 e. The lowest BCUT2D eigenvalue weighted by atomic mass is 9.91. The Kier molecular flexibility index (Phi) is 7.64. The van der Waals surface area contributed by atoms with Crippen molar-refractivity contribution < 1.29 is 4.42 Å². The molecular formula is C51H31N3OS. The van der Waals surface area contributed by atoms with E-state index in [4.69, 9.17) is 19.4 Å². The minimum absolute atomic E-state index is 0.621. The highest BCUT2D eigenvalue weighted by Gasteiger charge is 2.22. The predicted molar refractivity (Wildman–Crippen MR) is 233 cm³/mol. The number of benzene rings is 8. The molecule has 0 radical (unpaired) electrons. The zero-order valence-electron chi connectivity index (χ0n) is 30.1. The molecule has 3 heterocycles. The van der Waals surface area contributed by atoms with E-state index >= 15 is 0 Å². The van der Waals surface area contributed by atoms with Crippen LogP contribution in [0.4, 0.5) is 0 Å². The van der Waals surface area contributed by atoms with Crippen LogP contribution in [0.1, 0.15) is 0 Å². The zero-order valence-corrected chi connectivity index (χ0v) is 30.9. The second-order valence-electron chi connectivity index (χ2n) is 13.9. The minimum atomic E-state index is 0.621. The molecule has 0 atom stereocenters. The Balaban J connectivity index is 1.10. The Bertz CT molecular complexity index is 3180. The largest absolute Gasteiger partial charge is 0.455 e. The number of aromatic nitrogens is 3. The Morgan fingerprint density at radius 1 is 0.375 bits per heavy atom. The molecule has 0 fully saturated rings. The van der Waals surface area contributed by atoms with Crippen molar-refractivity contribution in [1.29, 1.82) is 0 Å². The summed E-state index contributed by atoms with van der Waals surface area (Å²) in [7, 11) is 0. The lowest BCUT2D eigenvalue weighted by molar-refractivity contribution is 0.670. The van der Waals surface area contributed by atoms with Gasteiger partial charge in [0.25, 0.3) is 0 Å². The van der Waals surface area contributed by atoms with Crippen LogP contribution in [-0.2, 0) is 0 Å². The number of hydrogen-bond acceptors (Lipinski definition) is 5. The van der Waals surface area contributed by atoms with E-state index < -0.39 is 0 Å². The summed E-state index contributed by atoms with van der Waals surface area (Å²) in [6.45, 7) is 0. The van der Waals surface area contributed by atoms with E-state index in [1.165, 1.54) is 36.9 Å². The van der Waals surface area contributed by atoms with Crippen LogP contribution >= 0.6 is 11.3 Å². The van der Waals surface area contributed by atoms with Gasteiger partial charge in [0.15, 0.2) is 17.5 Å². The lowest BCUT2D eigenvalue weighted by Gasteiger charge is -2.13. The fourth-order valence-electron chi connectivity index (χ4n) is 7.96. The van der Waals surface area contributed by atoms with Crippen molar-refractivity contribution in [1.82, 2.24) is 15.0 Å². The maximum atomic E-state index is 6.93. The number of hydrogen-bond donors (Lipinski definition) is 0. The van der Waals surface area contributed by atoms with Gasteiger partial charge in [-0.3, -0.25) is 0 Å². The van der Waals surface area contributed by atoms with Crippen molar-refractivity contribution in [3.63, 3.8) is 0 Å². The number of fused-ring (bicyclic) bond motifs is 6. The summed E-state index contributed by atoms with van der Waals surface area (Å²) in [6, 6.07) is 65.5. The standard InChI is InChI=1S/C51H31N3OS/c1-4-15-32(16-5-1)38-29-30-40-39-23-10-11-28-44(39)56-48(40)46(38)42-26-13-25-41-45-37(24-14-27-43(45)55-47(41)42)35-21-12-22-36(31-35)51-53-49(33-17-6-2-7-18-33)52-50(54-51)34-19-8-3-9-20-34/h1-31H. The van der Waals surface area contributed by atoms with Gasteiger partial charge in [0.2, 0.25) is 0 Å². The first-order chi connectivity index (χ1) is 27.8. The number of rotatable bonds is 6. The highest BCUT2D eigenvalue weighted by molar-refractivity contribution is 7.26. The summed E-state index contributed by atoms with van der Waals surface area (Å²) in [5, 5.41) is 4.69. The number of para-hydroxylation sites is 1. The highest BCUT2D eigenvalue weighted by Crippen LogP contribution is 2.48. The van der Waals surface area contributed by atoms with Gasteiger partial charge in [0, 0.05) is 58.8 Å². The Hall–Kier alpha value is -7.21. The fraction of sp³-hybridized carbons (Fsp3) is 0. The summed E-state index contributed by atoms with van der Waals surface area (Å²) in [6.07, 6.45) is 0. The molecule has 262 valence electrons. The third-order valence-corrected chi connectivity index (χ3v) is 11.8. The van der Waals surface area contributed by atoms with Crippen molar-refractivity contribution in [2.24, 2.45) is 0 Å². The van der Waals surface area contributed by atoms with Crippen molar-refractivity contribution in [3.8, 4) is 67.5 Å². The van der Waals surface area contributed by atoms with E-state index in [0.717, 1.165) is 55.3 Å². The smallest absolute Gasteiger partial charge is 0.164 e. The van der Waals surface area contributed by atoms with Gasteiger partial charge >= 0.3 is 0 Å². The molecule has 0 saturated heterocycles. The van der Waals surface area contributed by atoms with E-state index in [2.05, 4.69) is 127 Å². The van der Waals surface area contributed by atoms with Gasteiger partial charge in [-0.05, 0) is 40.5 Å². The molecule has 11 aromatic rings. The molecule has 0 aliphatic carbocycles. The molecular weight excluding hydrogens is 703 g/mol. The molecule has 3 aromatic heterocycles. The third-order valence-electron chi connectivity index (χ3n) is 10.6. The van der Waals surface area contributed by atoms with Gasteiger partial charge < -0.3 is 4.42 Å². The topological polar surface area (TPSA) is 51.8 Å². The van der Waals surface area contributed by atoms with Crippen molar-refractivity contribution in [3.05, 3.63) is 188 Å². The molecule has 56 heavy (non-hydrogen) atoms. The molecule has 0 spiro atoms. The lowest BCUT2D eigenvalue weighted by Crippen LogP contribution is -2.00. The Labute approximate surface area is 327 Å². The van der Waals surface area contributed by atoms with E-state index in [-0.39, 0.29) is 0 Å². The third kappa shape index (κ3) is 5.40. The summed E-state index contributed by atoms with van der Waals surface area (Å²) in [5.74, 6) is 1.90. The van der Waals surface area contributed by atoms with E-state index in [0.29, 0.717) is 17.5 Å². The molecule has 11 rings (SSSR count). The second kappa shape index (κ2) is 13.3. The molecule has 0 saturated carbocycles. The van der Waals surface area contributed by atoms with Gasteiger partial charge in [0.1, 0.15) is 11.2 Å². The summed E-state index contributed by atoms with van der Waals surface area (Å²) < 4.78 is 9.47. The molecule has 8 aromatic carbocycles. The van der Waals surface area contributed by atoms with Crippen molar-refractivity contribution in [2.45, 2.75) is 0 Å². The van der Waals surface area contributed by atoms with Crippen LogP contribution < -0.4 is 0 Å². The first-order valence-electron chi connectivity index (χ1n) is 18.7. The number of thiophene rings is 1. The first-order valence-corrected chi connectivity index (χ1v) is 19.5. The normalized spacial score (nSPS) is 11.6. The van der Waals surface area contributed by atoms with E-state index in [1.807, 2.05) is 72.0 Å². The van der Waals surface area contributed by atoms with Crippen molar-refractivity contribution >= 4 is 53.4 Å². The van der Waals surface area contributed by atoms with Crippen LogP contribution in [-0.4, -0.2) is 15.0 Å². The molecule has 0 bridgehead atoms. The van der Waals surface area contributed by atoms with E-state index in [1.54, 1.807) is 0 Å². The summed E-state index contributed by atoms with van der Waals surface area (Å²) >= 11 is 1.85. The van der Waals surface area contributed by atoms with Gasteiger partial charge in [-0.15, -0.1) is 11.3 Å². The zero-order chi connectivity index (χ0) is 37.0. The molecule has 0 amide bonds. The molecule has 5 heteroatoms. The highest BCUT2D eigenvalue weighted by atomic mass is 32.1. The Morgan fingerprint density at radius 3 is 1.66 bits per heavy atom. The quantitative estimate of drug-likeness (QED) is 0.171. The second-order valence-corrected chi connectivity index (χ2v) is 15.0. The Morgan fingerprint density at radius 2 is 0.929 bits per heavy atom. The first kappa shape index (κ1) is 32.2. The minimum Gasteiger partial charge on any atom is -0.455 e. The van der Waals surface area contributed by atoms with Gasteiger partial charge in [-0.25, -0.2) is 15.0 Å². The average Bonchev–Trinajstić information content (AvgIpc) is 3.86. The summed E-state index contributed by atoms with van der Waals surface area (Å²) in [5.41, 5.74) is 11.3. The molecule has 4 nitrogen and oxygen atoms in total. The van der Waals surface area contributed by atoms with Crippen molar-refractivity contribution in [2.75, 3.05) is 0 Å². The van der Waals surface area contributed by atoms with E-state index in [9.17, 15) is 0 Å². The average molecular weight is 734 g/mol. The number of furan rings is 1. The predicted octanol–water partition coefficient (Wildman–Crippen LogP) is 14.1. The molecule has 0 aliphatic rings. The van der Waals surface area contributed by atoms with Gasteiger partial charge in [0.05, 0.1) is 0 Å². The SMILES string of the molecule is c1ccc(-c2nc(-c3ccccc3)nc(-c3cccc(-c4cccc5oc6c(-c7c(-c8ccccc8)ccc8c7sc7ccccc78)cccc6c45)c3)n2)cc1. The maximum absolute atomic E-state index is 6.93. The monoisotopic (exact) mass is 733 g/mol.